The molecule has 7 N–H and O–H groups in total. The molecule has 0 aliphatic carbocycles. The fraction of sp³-hybridized carbons (Fsp3) is 0.326. The van der Waals surface area contributed by atoms with Gasteiger partial charge in [0.05, 0.1) is 76.3 Å². The van der Waals surface area contributed by atoms with Crippen molar-refractivity contribution < 1.29 is 38.8 Å². The summed E-state index contributed by atoms with van der Waals surface area (Å²) in [6, 6.07) is 14.8. The number of carbonyl (C=O) groups is 3. The summed E-state index contributed by atoms with van der Waals surface area (Å²) in [4.78, 5) is 50.9. The molecule has 0 saturated heterocycles. The fourth-order valence-corrected chi connectivity index (χ4v) is 6.14. The molecule has 8 aromatic rings. The van der Waals surface area contributed by atoms with Gasteiger partial charge in [0.1, 0.15) is 28.5 Å². The lowest BCUT2D eigenvalue weighted by Gasteiger charge is -2.19. The second kappa shape index (κ2) is 22.6. The van der Waals surface area contributed by atoms with Crippen LogP contribution in [0.2, 0.25) is 0 Å². The quantitative estimate of drug-likeness (QED) is 0.0548. The highest BCUT2D eigenvalue weighted by Gasteiger charge is 2.17. The molecule has 0 radical (unpaired) electrons. The largest absolute Gasteiger partial charge is 0.493 e. The van der Waals surface area contributed by atoms with Crippen LogP contribution in [0.4, 0.5) is 28.1 Å². The molecule has 2 aromatic carbocycles. The lowest BCUT2D eigenvalue weighted by Crippen LogP contribution is -2.33. The number of carbonyl (C=O) groups excluding carboxylic acids is 1. The summed E-state index contributed by atoms with van der Waals surface area (Å²) in [5.74, 6) is 0.280. The standard InChI is InChI=1S/C24H29N9O5.C19H21N9O3/c1-24(2,3)38-23(36)25-9-5-11-37-18-7-4-6-16(12-18)28-22-26-14-19-21(29-22)33(31-30-19)17-13-27-32(15-17)10-8-20(34)35;20-6-2-8-31-15-4-1-3-13(9-15)23-19-21-11-16-18(24-19)28(26-25-16)14-10-22-27(12-14)7-5-17(29)30/h4,6-7,12-15H,5,8-11H2,1-3H3,(H,25,36)(H,34,35)(H,26,28,29);1,3-4,9-12H,2,5-8,20H2,(H,29,30)(H,21,23,24). The number of nitrogens with two attached hydrogens (primary N) is 1. The first-order chi connectivity index (χ1) is 33.3. The van der Waals surface area contributed by atoms with Crippen LogP contribution < -0.4 is 31.2 Å². The van der Waals surface area contributed by atoms with Gasteiger partial charge in [0, 0.05) is 30.1 Å². The molecule has 26 nitrogen and oxygen atoms in total. The van der Waals surface area contributed by atoms with Crippen molar-refractivity contribution in [3.05, 3.63) is 85.7 Å². The summed E-state index contributed by atoms with van der Waals surface area (Å²) in [5, 5.41) is 51.5. The summed E-state index contributed by atoms with van der Waals surface area (Å²) < 4.78 is 22.8. The van der Waals surface area contributed by atoms with Crippen molar-refractivity contribution >= 4 is 63.6 Å². The molecule has 0 bridgehead atoms. The Morgan fingerprint density at radius 2 is 1.19 bits per heavy atom. The third kappa shape index (κ3) is 14.1. The molecule has 0 saturated carbocycles. The number of aryl methyl sites for hydroxylation is 2. The van der Waals surface area contributed by atoms with Gasteiger partial charge in [-0.2, -0.15) is 29.5 Å². The SMILES string of the molecule is CC(C)(C)OC(=O)NCCCOc1cccc(Nc2ncc3nnn(-c4cnn(CCC(=O)O)c4)c3n2)c1.NCCCOc1cccc(Nc2ncc3nnn(-c4cnn(CCC(=O)O)c4)c3n2)c1. The zero-order chi connectivity index (χ0) is 48.8. The monoisotopic (exact) mass is 946 g/mol. The van der Waals surface area contributed by atoms with Crippen LogP contribution in [0, 0.1) is 0 Å². The molecule has 1 amide bonds. The highest BCUT2D eigenvalue weighted by molar-refractivity contribution is 5.74. The van der Waals surface area contributed by atoms with Crippen LogP contribution >= 0.6 is 0 Å². The molecule has 69 heavy (non-hydrogen) atoms. The lowest BCUT2D eigenvalue weighted by atomic mass is 10.2. The average Bonchev–Trinajstić information content (AvgIpc) is 4.14. The summed E-state index contributed by atoms with van der Waals surface area (Å²) >= 11 is 0. The summed E-state index contributed by atoms with van der Waals surface area (Å²) in [5.41, 5.74) is 9.62. The van der Waals surface area contributed by atoms with Crippen molar-refractivity contribution in [2.45, 2.75) is 65.1 Å². The van der Waals surface area contributed by atoms with Crippen molar-refractivity contribution in [2.75, 3.05) is 36.9 Å². The number of alkyl carbamates (subject to hydrolysis) is 1. The first-order valence-corrected chi connectivity index (χ1v) is 21.6. The molecule has 0 spiro atoms. The summed E-state index contributed by atoms with van der Waals surface area (Å²) in [6.07, 6.45) is 10.5. The third-order valence-electron chi connectivity index (χ3n) is 9.28. The van der Waals surface area contributed by atoms with Gasteiger partial charge in [-0.05, 0) is 64.4 Å². The van der Waals surface area contributed by atoms with Gasteiger partial charge in [-0.3, -0.25) is 19.0 Å². The Labute approximate surface area is 392 Å². The van der Waals surface area contributed by atoms with Gasteiger partial charge in [-0.15, -0.1) is 10.2 Å². The van der Waals surface area contributed by atoms with Crippen LogP contribution in [-0.4, -0.2) is 130 Å². The number of benzene rings is 2. The van der Waals surface area contributed by atoms with Gasteiger partial charge < -0.3 is 46.1 Å². The Hall–Kier alpha value is -8.81. The Morgan fingerprint density at radius 3 is 1.65 bits per heavy atom. The van der Waals surface area contributed by atoms with E-state index in [1.165, 1.54) is 18.7 Å². The Morgan fingerprint density at radius 1 is 0.696 bits per heavy atom. The van der Waals surface area contributed by atoms with Gasteiger partial charge in [0.15, 0.2) is 22.3 Å². The molecular formula is C43H50N18O8. The number of carboxylic acids is 2. The predicted octanol–water partition coefficient (Wildman–Crippen LogP) is 4.27. The van der Waals surface area contributed by atoms with Crippen LogP contribution in [0.15, 0.2) is 85.7 Å². The zero-order valence-electron chi connectivity index (χ0n) is 37.8. The number of anilines is 4. The van der Waals surface area contributed by atoms with Crippen LogP contribution in [0.5, 0.6) is 11.5 Å². The second-order valence-corrected chi connectivity index (χ2v) is 15.9. The molecule has 6 aromatic heterocycles. The number of hydrogen-bond donors (Lipinski definition) is 6. The van der Waals surface area contributed by atoms with E-state index >= 15 is 0 Å². The number of nitrogens with one attached hydrogen (secondary N) is 3. The number of carboxylic acid groups (broad SMARTS) is 2. The van der Waals surface area contributed by atoms with Crippen LogP contribution in [0.25, 0.3) is 33.7 Å². The number of nitrogens with zero attached hydrogens (tertiary/aromatic N) is 14. The van der Waals surface area contributed by atoms with E-state index in [1.54, 1.807) is 37.2 Å². The topological polar surface area (TPSA) is 330 Å². The van der Waals surface area contributed by atoms with Gasteiger partial charge in [-0.1, -0.05) is 22.6 Å². The number of aromatic nitrogens is 14. The average molecular weight is 947 g/mol. The van der Waals surface area contributed by atoms with Crippen LogP contribution in [-0.2, 0) is 27.4 Å². The summed E-state index contributed by atoms with van der Waals surface area (Å²) in [7, 11) is 0. The predicted molar refractivity (Wildman–Crippen MR) is 248 cm³/mol. The normalized spacial score (nSPS) is 11.2. The smallest absolute Gasteiger partial charge is 0.407 e. The number of ether oxygens (including phenoxy) is 3. The lowest BCUT2D eigenvalue weighted by molar-refractivity contribution is -0.138. The highest BCUT2D eigenvalue weighted by Crippen LogP contribution is 2.24. The van der Waals surface area contributed by atoms with E-state index in [0.717, 1.165) is 17.9 Å². The maximum atomic E-state index is 11.7. The Kier molecular flexibility index (Phi) is 15.8. The highest BCUT2D eigenvalue weighted by atomic mass is 16.6. The molecule has 0 unspecified atom stereocenters. The van der Waals surface area contributed by atoms with Crippen molar-refractivity contribution in [3.8, 4) is 22.9 Å². The zero-order valence-corrected chi connectivity index (χ0v) is 37.8. The van der Waals surface area contributed by atoms with E-state index in [9.17, 15) is 14.4 Å². The maximum Gasteiger partial charge on any atom is 0.407 e. The number of aliphatic carboxylic acids is 2. The van der Waals surface area contributed by atoms with E-state index in [0.29, 0.717) is 89.8 Å². The van der Waals surface area contributed by atoms with Gasteiger partial charge in [0.2, 0.25) is 11.9 Å². The van der Waals surface area contributed by atoms with E-state index in [2.05, 4.69) is 66.7 Å². The number of hydrogen-bond acceptors (Lipinski definition) is 19. The molecule has 0 aliphatic rings. The minimum Gasteiger partial charge on any atom is -0.493 e. The molecule has 8 rings (SSSR count). The molecule has 0 aliphatic heterocycles. The fourth-order valence-electron chi connectivity index (χ4n) is 6.14. The second-order valence-electron chi connectivity index (χ2n) is 15.9. The van der Waals surface area contributed by atoms with Crippen LogP contribution in [0.3, 0.4) is 0 Å². The van der Waals surface area contributed by atoms with Crippen molar-refractivity contribution in [3.63, 3.8) is 0 Å². The van der Waals surface area contributed by atoms with Crippen molar-refractivity contribution in [1.29, 1.82) is 0 Å². The first kappa shape index (κ1) is 48.1. The third-order valence-corrected chi connectivity index (χ3v) is 9.28. The van der Waals surface area contributed by atoms with Gasteiger partial charge >= 0.3 is 18.0 Å². The minimum absolute atomic E-state index is 0.0233. The van der Waals surface area contributed by atoms with Crippen LogP contribution in [0.1, 0.15) is 46.5 Å². The molecular weight excluding hydrogens is 897 g/mol. The molecule has 0 atom stereocenters. The molecule has 0 fully saturated rings. The minimum atomic E-state index is -0.901. The molecule has 26 heteroatoms. The van der Waals surface area contributed by atoms with E-state index in [1.807, 2.05) is 69.3 Å². The molecule has 6 heterocycles. The van der Waals surface area contributed by atoms with Gasteiger partial charge in [-0.25, -0.2) is 14.8 Å². The summed E-state index contributed by atoms with van der Waals surface area (Å²) in [6.45, 7) is 7.90. The Bertz CT molecular complexity index is 3000. The first-order valence-electron chi connectivity index (χ1n) is 21.6. The van der Waals surface area contributed by atoms with E-state index < -0.39 is 23.6 Å². The van der Waals surface area contributed by atoms with Gasteiger partial charge in [0.25, 0.3) is 0 Å². The molecule has 360 valence electrons. The number of amides is 1. The van der Waals surface area contributed by atoms with E-state index in [-0.39, 0.29) is 25.9 Å². The maximum absolute atomic E-state index is 11.7. The van der Waals surface area contributed by atoms with Crippen molar-refractivity contribution in [2.24, 2.45) is 5.73 Å². The van der Waals surface area contributed by atoms with Crippen molar-refractivity contribution in [1.82, 2.24) is 74.8 Å². The Balaban J connectivity index is 0.000000208. The number of fused-ring (bicyclic) bond motifs is 2. The van der Waals surface area contributed by atoms with E-state index in [4.69, 9.17) is 30.2 Å². The number of rotatable bonds is 21.